The molecule has 5 nitrogen and oxygen atoms in total. The quantitative estimate of drug-likeness (QED) is 0.821. The van der Waals surface area contributed by atoms with E-state index in [1.165, 1.54) is 0 Å². The standard InChI is InChI=1S/C17H17ClN2O3S/c18-14-4-6-15(7-5-14)24(22,23)19-9-12-8-13(11-19)16-2-1-3-17(21)20(16)10-12/h1-7,12-13H,8-11H2/t12-,13-/m0/s1. The molecular weight excluding hydrogens is 348 g/mol. The fourth-order valence-corrected chi connectivity index (χ4v) is 5.49. The Morgan fingerprint density at radius 1 is 1.00 bits per heavy atom. The minimum Gasteiger partial charge on any atom is -0.312 e. The van der Waals surface area contributed by atoms with E-state index in [9.17, 15) is 13.2 Å². The molecule has 4 rings (SSSR count). The number of hydrogen-bond donors (Lipinski definition) is 0. The van der Waals surface area contributed by atoms with Gasteiger partial charge >= 0.3 is 0 Å². The summed E-state index contributed by atoms with van der Waals surface area (Å²) in [5.41, 5.74) is 0.936. The van der Waals surface area contributed by atoms with Crippen molar-refractivity contribution in [3.63, 3.8) is 0 Å². The van der Waals surface area contributed by atoms with Crippen LogP contribution >= 0.6 is 11.6 Å². The van der Waals surface area contributed by atoms with Crippen molar-refractivity contribution in [2.24, 2.45) is 5.92 Å². The molecule has 0 N–H and O–H groups in total. The summed E-state index contributed by atoms with van der Waals surface area (Å²) in [5.74, 6) is 0.229. The van der Waals surface area contributed by atoms with Crippen LogP contribution in [0.15, 0.2) is 52.2 Å². The van der Waals surface area contributed by atoms with E-state index in [2.05, 4.69) is 0 Å². The fraction of sp³-hybridized carbons (Fsp3) is 0.353. The first-order chi connectivity index (χ1) is 11.4. The van der Waals surface area contributed by atoms with Crippen molar-refractivity contribution in [3.05, 3.63) is 63.5 Å². The van der Waals surface area contributed by atoms with E-state index in [0.717, 1.165) is 12.1 Å². The number of benzene rings is 1. The molecule has 0 aliphatic carbocycles. The Bertz CT molecular complexity index is 937. The topological polar surface area (TPSA) is 59.4 Å². The molecule has 1 fully saturated rings. The molecule has 1 aromatic carbocycles. The van der Waals surface area contributed by atoms with Crippen LogP contribution in [0.25, 0.3) is 0 Å². The summed E-state index contributed by atoms with van der Waals surface area (Å²) >= 11 is 5.86. The zero-order chi connectivity index (χ0) is 16.9. The summed E-state index contributed by atoms with van der Waals surface area (Å²) < 4.78 is 29.2. The maximum atomic E-state index is 12.9. The van der Waals surface area contributed by atoms with Crippen LogP contribution in [0.5, 0.6) is 0 Å². The van der Waals surface area contributed by atoms with Gasteiger partial charge in [-0.1, -0.05) is 17.7 Å². The van der Waals surface area contributed by atoms with Gasteiger partial charge in [0, 0.05) is 42.3 Å². The number of hydrogen-bond acceptors (Lipinski definition) is 3. The molecule has 0 radical (unpaired) electrons. The number of aromatic nitrogens is 1. The highest BCUT2D eigenvalue weighted by molar-refractivity contribution is 7.89. The first-order valence-corrected chi connectivity index (χ1v) is 9.72. The number of halogens is 1. The molecule has 0 spiro atoms. The second-order valence-electron chi connectivity index (χ2n) is 6.47. The molecule has 2 bridgehead atoms. The number of pyridine rings is 1. The summed E-state index contributed by atoms with van der Waals surface area (Å²) in [6.07, 6.45) is 0.927. The predicted octanol–water partition coefficient (Wildman–Crippen LogP) is 2.31. The largest absolute Gasteiger partial charge is 0.312 e. The molecule has 2 aromatic rings. The van der Waals surface area contributed by atoms with Crippen molar-refractivity contribution in [1.82, 2.24) is 8.87 Å². The lowest BCUT2D eigenvalue weighted by molar-refractivity contribution is 0.186. The van der Waals surface area contributed by atoms with Crippen LogP contribution in [-0.2, 0) is 16.6 Å². The van der Waals surface area contributed by atoms with E-state index in [0.29, 0.717) is 24.7 Å². The van der Waals surface area contributed by atoms with Crippen molar-refractivity contribution in [2.45, 2.75) is 23.8 Å². The molecule has 24 heavy (non-hydrogen) atoms. The summed E-state index contributed by atoms with van der Waals surface area (Å²) in [6.45, 7) is 1.44. The zero-order valence-electron chi connectivity index (χ0n) is 12.9. The molecule has 0 unspecified atom stereocenters. The summed E-state index contributed by atoms with van der Waals surface area (Å²) in [6, 6.07) is 11.5. The molecule has 0 amide bonds. The first kappa shape index (κ1) is 15.9. The van der Waals surface area contributed by atoms with Gasteiger partial charge in [0.05, 0.1) is 4.90 Å². The van der Waals surface area contributed by atoms with Gasteiger partial charge in [0.15, 0.2) is 0 Å². The van der Waals surface area contributed by atoms with E-state index >= 15 is 0 Å². The van der Waals surface area contributed by atoms with Gasteiger partial charge in [0.1, 0.15) is 0 Å². The SMILES string of the molecule is O=c1cccc2n1C[C@H]1C[C@H]2CN(S(=O)(=O)c2ccc(Cl)cc2)C1. The summed E-state index contributed by atoms with van der Waals surface area (Å²) in [5, 5.41) is 0.512. The second-order valence-corrected chi connectivity index (χ2v) is 8.85. The predicted molar refractivity (Wildman–Crippen MR) is 91.8 cm³/mol. The Kier molecular flexibility index (Phi) is 3.78. The minimum atomic E-state index is -3.55. The van der Waals surface area contributed by atoms with E-state index in [4.69, 9.17) is 11.6 Å². The van der Waals surface area contributed by atoms with Gasteiger partial charge in [-0.15, -0.1) is 0 Å². The van der Waals surface area contributed by atoms with Crippen LogP contribution in [0.3, 0.4) is 0 Å². The van der Waals surface area contributed by atoms with Gasteiger partial charge in [0.2, 0.25) is 10.0 Å². The molecule has 3 heterocycles. The molecule has 2 atom stereocenters. The van der Waals surface area contributed by atoms with E-state index in [-0.39, 0.29) is 22.3 Å². The number of rotatable bonds is 2. The lowest BCUT2D eigenvalue weighted by Gasteiger charge is -2.42. The molecule has 7 heteroatoms. The molecule has 2 aliphatic rings. The van der Waals surface area contributed by atoms with Crippen LogP contribution in [0, 0.1) is 5.92 Å². The normalized spacial score (nSPS) is 23.7. The molecule has 1 saturated heterocycles. The highest BCUT2D eigenvalue weighted by Crippen LogP contribution is 2.37. The number of nitrogens with zero attached hydrogens (tertiary/aromatic N) is 2. The van der Waals surface area contributed by atoms with Gasteiger partial charge in [-0.2, -0.15) is 4.31 Å². The Morgan fingerprint density at radius 3 is 2.50 bits per heavy atom. The fourth-order valence-electron chi connectivity index (χ4n) is 3.80. The van der Waals surface area contributed by atoms with E-state index in [1.54, 1.807) is 45.3 Å². The maximum absolute atomic E-state index is 12.9. The second kappa shape index (κ2) is 5.72. The average Bonchev–Trinajstić information content (AvgIpc) is 2.56. The van der Waals surface area contributed by atoms with Gasteiger partial charge in [0.25, 0.3) is 5.56 Å². The molecule has 2 aliphatic heterocycles. The third-order valence-corrected chi connectivity index (χ3v) is 7.00. The zero-order valence-corrected chi connectivity index (χ0v) is 14.5. The van der Waals surface area contributed by atoms with Gasteiger partial charge in [-0.05, 0) is 42.7 Å². The third-order valence-electron chi connectivity index (χ3n) is 4.90. The first-order valence-electron chi connectivity index (χ1n) is 7.90. The number of piperidine rings is 1. The molecule has 1 aromatic heterocycles. The lowest BCUT2D eigenvalue weighted by Crippen LogP contribution is -2.48. The molecular formula is C17H17ClN2O3S. The Labute approximate surface area is 145 Å². The minimum absolute atomic E-state index is 0.00351. The van der Waals surface area contributed by atoms with Crippen LogP contribution in [0.4, 0.5) is 0 Å². The maximum Gasteiger partial charge on any atom is 0.250 e. The van der Waals surface area contributed by atoms with Crippen molar-refractivity contribution >= 4 is 21.6 Å². The van der Waals surface area contributed by atoms with E-state index in [1.807, 2.05) is 6.07 Å². The van der Waals surface area contributed by atoms with Crippen molar-refractivity contribution in [1.29, 1.82) is 0 Å². The van der Waals surface area contributed by atoms with E-state index < -0.39 is 10.0 Å². The highest BCUT2D eigenvalue weighted by atomic mass is 35.5. The van der Waals surface area contributed by atoms with Crippen molar-refractivity contribution in [2.75, 3.05) is 13.1 Å². The van der Waals surface area contributed by atoms with Gasteiger partial charge in [-0.25, -0.2) is 8.42 Å². The van der Waals surface area contributed by atoms with Crippen molar-refractivity contribution in [3.8, 4) is 0 Å². The lowest BCUT2D eigenvalue weighted by atomic mass is 9.84. The van der Waals surface area contributed by atoms with Crippen LogP contribution < -0.4 is 5.56 Å². The molecule has 0 saturated carbocycles. The van der Waals surface area contributed by atoms with Gasteiger partial charge < -0.3 is 4.57 Å². The number of fused-ring (bicyclic) bond motifs is 4. The van der Waals surface area contributed by atoms with Crippen LogP contribution in [-0.4, -0.2) is 30.4 Å². The smallest absolute Gasteiger partial charge is 0.250 e. The van der Waals surface area contributed by atoms with Gasteiger partial charge in [-0.3, -0.25) is 4.79 Å². The third kappa shape index (κ3) is 2.59. The summed E-state index contributed by atoms with van der Waals surface area (Å²) in [4.78, 5) is 12.3. The van der Waals surface area contributed by atoms with Crippen LogP contribution in [0.2, 0.25) is 5.02 Å². The Hall–Kier alpha value is -1.63. The number of sulfonamides is 1. The average molecular weight is 365 g/mol. The van der Waals surface area contributed by atoms with Crippen LogP contribution in [0.1, 0.15) is 18.0 Å². The monoisotopic (exact) mass is 364 g/mol. The highest BCUT2D eigenvalue weighted by Gasteiger charge is 2.39. The molecule has 126 valence electrons. The summed E-state index contributed by atoms with van der Waals surface area (Å²) in [7, 11) is -3.55. The Morgan fingerprint density at radius 2 is 1.75 bits per heavy atom. The van der Waals surface area contributed by atoms with Crippen molar-refractivity contribution < 1.29 is 8.42 Å². The Balaban J connectivity index is 1.69.